The second-order valence-corrected chi connectivity index (χ2v) is 4.83. The predicted molar refractivity (Wildman–Crippen MR) is 66.3 cm³/mol. The van der Waals surface area contributed by atoms with Crippen LogP contribution in [0.25, 0.3) is 11.4 Å². The Morgan fingerprint density at radius 3 is 2.84 bits per heavy atom. The van der Waals surface area contributed by atoms with Crippen molar-refractivity contribution >= 4 is 5.97 Å². The Labute approximate surface area is 110 Å². The maximum absolute atomic E-state index is 11.3. The highest BCUT2D eigenvalue weighted by Gasteiger charge is 2.33. The molecule has 2 aromatic heterocycles. The molecule has 2 heterocycles. The van der Waals surface area contributed by atoms with Gasteiger partial charge in [-0.3, -0.25) is 4.79 Å². The molecule has 0 spiro atoms. The third kappa shape index (κ3) is 2.49. The Hall–Kier alpha value is -2.18. The number of tetrazole rings is 1. The molecule has 1 unspecified atom stereocenters. The zero-order valence-electron chi connectivity index (χ0n) is 11.1. The van der Waals surface area contributed by atoms with Crippen molar-refractivity contribution < 1.29 is 14.3 Å². The highest BCUT2D eigenvalue weighted by atomic mass is 16.4. The number of carbonyl (C=O) groups is 1. The third-order valence-corrected chi connectivity index (χ3v) is 3.32. The van der Waals surface area contributed by atoms with Gasteiger partial charge in [0.1, 0.15) is 12.0 Å². The van der Waals surface area contributed by atoms with Crippen molar-refractivity contribution in [3.8, 4) is 11.4 Å². The average Bonchev–Trinajstić information content (AvgIpc) is 2.97. The summed E-state index contributed by atoms with van der Waals surface area (Å²) in [5, 5.41) is 20.7. The van der Waals surface area contributed by atoms with Crippen molar-refractivity contribution in [3.05, 3.63) is 18.1 Å². The summed E-state index contributed by atoms with van der Waals surface area (Å²) in [6.07, 6.45) is 2.05. The Morgan fingerprint density at radius 2 is 2.32 bits per heavy atom. The number of aromatic nitrogens is 4. The maximum Gasteiger partial charge on any atom is 0.311 e. The van der Waals surface area contributed by atoms with Crippen molar-refractivity contribution in [2.24, 2.45) is 5.41 Å². The van der Waals surface area contributed by atoms with Gasteiger partial charge in [-0.25, -0.2) is 4.68 Å². The van der Waals surface area contributed by atoms with Gasteiger partial charge in [-0.1, -0.05) is 6.92 Å². The molecule has 2 aromatic rings. The molecule has 7 nitrogen and oxygen atoms in total. The van der Waals surface area contributed by atoms with E-state index in [4.69, 9.17) is 4.42 Å². The van der Waals surface area contributed by atoms with E-state index < -0.39 is 11.4 Å². The van der Waals surface area contributed by atoms with Crippen LogP contribution in [-0.2, 0) is 11.3 Å². The lowest BCUT2D eigenvalue weighted by atomic mass is 9.88. The first kappa shape index (κ1) is 13.3. The van der Waals surface area contributed by atoms with Crippen LogP contribution in [0.15, 0.2) is 16.7 Å². The zero-order valence-corrected chi connectivity index (χ0v) is 11.1. The van der Waals surface area contributed by atoms with E-state index >= 15 is 0 Å². The summed E-state index contributed by atoms with van der Waals surface area (Å²) in [6, 6.07) is 1.81. The molecule has 2 rings (SSSR count). The van der Waals surface area contributed by atoms with Crippen LogP contribution in [0.5, 0.6) is 0 Å². The third-order valence-electron chi connectivity index (χ3n) is 3.32. The predicted octanol–water partition coefficient (Wildman–Crippen LogP) is 1.74. The SMILES string of the molecule is CCC(C)(Cn1nnnc1-c1coc(C)c1)C(=O)O. The van der Waals surface area contributed by atoms with E-state index in [1.54, 1.807) is 13.2 Å². The molecule has 7 heteroatoms. The fourth-order valence-corrected chi connectivity index (χ4v) is 1.74. The van der Waals surface area contributed by atoms with Crippen LogP contribution < -0.4 is 0 Å². The standard InChI is InChI=1S/C12H16N4O3/c1-4-12(3,11(17)18)7-16-10(13-14-15-16)9-5-8(2)19-6-9/h5-6H,4,7H2,1-3H3,(H,17,18). The van der Waals surface area contributed by atoms with Crippen LogP contribution in [-0.4, -0.2) is 31.3 Å². The van der Waals surface area contributed by atoms with Crippen LogP contribution in [0.3, 0.4) is 0 Å². The van der Waals surface area contributed by atoms with Gasteiger partial charge in [0.2, 0.25) is 0 Å². The molecule has 1 atom stereocenters. The maximum atomic E-state index is 11.3. The van der Waals surface area contributed by atoms with Gasteiger partial charge in [0.25, 0.3) is 0 Å². The molecule has 0 aromatic carbocycles. The second kappa shape index (κ2) is 4.83. The van der Waals surface area contributed by atoms with Crippen LogP contribution in [0, 0.1) is 12.3 Å². The second-order valence-electron chi connectivity index (χ2n) is 4.83. The Bertz CT molecular complexity index is 589. The monoisotopic (exact) mass is 264 g/mol. The van der Waals surface area contributed by atoms with E-state index in [2.05, 4.69) is 15.5 Å². The van der Waals surface area contributed by atoms with Gasteiger partial charge in [-0.2, -0.15) is 0 Å². The Kier molecular flexibility index (Phi) is 3.37. The highest BCUT2D eigenvalue weighted by molar-refractivity contribution is 5.74. The first-order chi connectivity index (χ1) is 8.96. The molecular formula is C12H16N4O3. The van der Waals surface area contributed by atoms with Crippen molar-refractivity contribution in [2.75, 3.05) is 0 Å². The molecule has 19 heavy (non-hydrogen) atoms. The quantitative estimate of drug-likeness (QED) is 0.884. The topological polar surface area (TPSA) is 94.0 Å². The first-order valence-corrected chi connectivity index (χ1v) is 6.01. The van der Waals surface area contributed by atoms with E-state index in [0.29, 0.717) is 12.2 Å². The molecule has 0 saturated carbocycles. The minimum atomic E-state index is -0.900. The van der Waals surface area contributed by atoms with E-state index in [1.807, 2.05) is 19.9 Å². The average molecular weight is 264 g/mol. The molecule has 0 aliphatic rings. The largest absolute Gasteiger partial charge is 0.481 e. The van der Waals surface area contributed by atoms with Crippen molar-refractivity contribution in [3.63, 3.8) is 0 Å². The zero-order chi connectivity index (χ0) is 14.0. The van der Waals surface area contributed by atoms with E-state index in [0.717, 1.165) is 11.3 Å². The smallest absolute Gasteiger partial charge is 0.311 e. The molecule has 0 bridgehead atoms. The molecule has 0 aliphatic heterocycles. The van der Waals surface area contributed by atoms with E-state index in [-0.39, 0.29) is 6.54 Å². The number of carboxylic acid groups (broad SMARTS) is 1. The number of carboxylic acids is 1. The van der Waals surface area contributed by atoms with Gasteiger partial charge in [-0.15, -0.1) is 5.10 Å². The molecule has 0 fully saturated rings. The summed E-state index contributed by atoms with van der Waals surface area (Å²) >= 11 is 0. The van der Waals surface area contributed by atoms with Crippen LogP contribution in [0.1, 0.15) is 26.0 Å². The van der Waals surface area contributed by atoms with Crippen molar-refractivity contribution in [1.82, 2.24) is 20.2 Å². The number of furan rings is 1. The van der Waals surface area contributed by atoms with Crippen LogP contribution in [0.2, 0.25) is 0 Å². The van der Waals surface area contributed by atoms with Crippen molar-refractivity contribution in [1.29, 1.82) is 0 Å². The van der Waals surface area contributed by atoms with Crippen molar-refractivity contribution in [2.45, 2.75) is 33.7 Å². The lowest BCUT2D eigenvalue weighted by Gasteiger charge is -2.22. The van der Waals surface area contributed by atoms with Gasteiger partial charge in [0, 0.05) is 0 Å². The fraction of sp³-hybridized carbons (Fsp3) is 0.500. The molecule has 1 N–H and O–H groups in total. The number of hydrogen-bond acceptors (Lipinski definition) is 5. The summed E-state index contributed by atoms with van der Waals surface area (Å²) in [5.41, 5.74) is -0.158. The molecule has 0 aliphatic carbocycles. The van der Waals surface area contributed by atoms with Gasteiger partial charge in [0.15, 0.2) is 5.82 Å². The lowest BCUT2D eigenvalue weighted by Crippen LogP contribution is -2.32. The van der Waals surface area contributed by atoms with Crippen LogP contribution in [0.4, 0.5) is 0 Å². The number of rotatable bonds is 5. The summed E-state index contributed by atoms with van der Waals surface area (Å²) in [6.45, 7) is 5.55. The minimum absolute atomic E-state index is 0.214. The highest BCUT2D eigenvalue weighted by Crippen LogP contribution is 2.26. The Morgan fingerprint density at radius 1 is 1.58 bits per heavy atom. The van der Waals surface area contributed by atoms with Gasteiger partial charge in [-0.05, 0) is 36.8 Å². The molecule has 0 amide bonds. The van der Waals surface area contributed by atoms with E-state index in [9.17, 15) is 9.90 Å². The Balaban J connectivity index is 2.33. The fourth-order valence-electron chi connectivity index (χ4n) is 1.74. The molecular weight excluding hydrogens is 248 g/mol. The van der Waals surface area contributed by atoms with Gasteiger partial charge < -0.3 is 9.52 Å². The summed E-state index contributed by atoms with van der Waals surface area (Å²) in [7, 11) is 0. The van der Waals surface area contributed by atoms with E-state index in [1.165, 1.54) is 4.68 Å². The number of nitrogens with zero attached hydrogens (tertiary/aromatic N) is 4. The molecule has 0 radical (unpaired) electrons. The lowest BCUT2D eigenvalue weighted by molar-refractivity contribution is -0.149. The summed E-state index contributed by atoms with van der Waals surface area (Å²) < 4.78 is 6.72. The summed E-state index contributed by atoms with van der Waals surface area (Å²) in [5.74, 6) is 0.402. The molecule has 0 saturated heterocycles. The van der Waals surface area contributed by atoms with Gasteiger partial charge in [0.05, 0.1) is 17.5 Å². The number of aryl methyl sites for hydroxylation is 1. The molecule has 102 valence electrons. The first-order valence-electron chi connectivity index (χ1n) is 6.01. The minimum Gasteiger partial charge on any atom is -0.481 e. The summed E-state index contributed by atoms with van der Waals surface area (Å²) in [4.78, 5) is 11.3. The number of hydrogen-bond donors (Lipinski definition) is 1. The van der Waals surface area contributed by atoms with Gasteiger partial charge >= 0.3 is 5.97 Å². The normalized spacial score (nSPS) is 14.3. The number of aliphatic carboxylic acids is 1. The van der Waals surface area contributed by atoms with Crippen LogP contribution >= 0.6 is 0 Å².